The van der Waals surface area contributed by atoms with Gasteiger partial charge in [-0.3, -0.25) is 4.79 Å². The molecule has 0 aliphatic carbocycles. The highest BCUT2D eigenvalue weighted by Crippen LogP contribution is 2.52. The third kappa shape index (κ3) is 4.33. The van der Waals surface area contributed by atoms with Gasteiger partial charge in [0.15, 0.2) is 0 Å². The minimum Gasteiger partial charge on any atom is -0.481 e. The lowest BCUT2D eigenvalue weighted by molar-refractivity contribution is -0.136. The first-order valence-corrected chi connectivity index (χ1v) is 9.66. The summed E-state index contributed by atoms with van der Waals surface area (Å²) >= 11 is 0. The van der Waals surface area contributed by atoms with Gasteiger partial charge < -0.3 is 19.7 Å². The summed E-state index contributed by atoms with van der Waals surface area (Å²) in [6.07, 6.45) is 13.9. The number of carbonyl (C=O) groups is 1. The molecule has 5 nitrogen and oxygen atoms in total. The van der Waals surface area contributed by atoms with Crippen LogP contribution in [0.2, 0.25) is 0 Å². The molecular formula is C20H30O5. The Labute approximate surface area is 149 Å². The maximum atomic E-state index is 10.6. The van der Waals surface area contributed by atoms with E-state index in [4.69, 9.17) is 14.6 Å². The number of fused-ring (bicyclic) bond motifs is 1. The Morgan fingerprint density at radius 3 is 2.84 bits per heavy atom. The van der Waals surface area contributed by atoms with E-state index in [2.05, 4.69) is 13.0 Å². The van der Waals surface area contributed by atoms with E-state index in [1.807, 2.05) is 18.2 Å². The average Bonchev–Trinajstić information content (AvgIpc) is 3.18. The zero-order valence-corrected chi connectivity index (χ0v) is 14.9. The fourth-order valence-corrected chi connectivity index (χ4v) is 4.41. The van der Waals surface area contributed by atoms with Gasteiger partial charge in [-0.05, 0) is 12.8 Å². The summed E-state index contributed by atoms with van der Waals surface area (Å²) in [4.78, 5) is 10.6. The Balaban J connectivity index is 1.56. The Morgan fingerprint density at radius 1 is 1.24 bits per heavy atom. The average molecular weight is 350 g/mol. The second-order valence-corrected chi connectivity index (χ2v) is 7.48. The second kappa shape index (κ2) is 8.47. The zero-order valence-electron chi connectivity index (χ0n) is 14.9. The van der Waals surface area contributed by atoms with Crippen molar-refractivity contribution in [3.05, 3.63) is 24.3 Å². The number of rotatable bonds is 10. The number of ether oxygens (including phenoxy) is 2. The molecule has 0 amide bonds. The van der Waals surface area contributed by atoms with Crippen molar-refractivity contribution in [1.82, 2.24) is 0 Å². The number of aliphatic hydroxyl groups excluding tert-OH is 1. The third-order valence-corrected chi connectivity index (χ3v) is 5.64. The fraction of sp³-hybridized carbons (Fsp3) is 0.750. The van der Waals surface area contributed by atoms with E-state index in [9.17, 15) is 9.90 Å². The summed E-state index contributed by atoms with van der Waals surface area (Å²) in [5, 5.41) is 18.9. The summed E-state index contributed by atoms with van der Waals surface area (Å²) in [5.74, 6) is -0.221. The van der Waals surface area contributed by atoms with Crippen LogP contribution in [-0.2, 0) is 14.3 Å². The normalized spacial score (nSPS) is 37.5. The first-order valence-electron chi connectivity index (χ1n) is 9.66. The Morgan fingerprint density at radius 2 is 2.08 bits per heavy atom. The number of aliphatic hydroxyl groups is 1. The van der Waals surface area contributed by atoms with Crippen LogP contribution >= 0.6 is 0 Å². The molecule has 3 saturated heterocycles. The molecule has 0 aromatic carbocycles. The van der Waals surface area contributed by atoms with E-state index in [-0.39, 0.29) is 48.8 Å². The molecule has 3 heterocycles. The molecule has 0 spiro atoms. The van der Waals surface area contributed by atoms with Crippen LogP contribution in [0.25, 0.3) is 0 Å². The van der Waals surface area contributed by atoms with Gasteiger partial charge in [0, 0.05) is 24.7 Å². The van der Waals surface area contributed by atoms with Crippen molar-refractivity contribution in [2.24, 2.45) is 11.8 Å². The molecule has 140 valence electrons. The minimum atomic E-state index is -0.779. The fourth-order valence-electron chi connectivity index (χ4n) is 4.41. The largest absolute Gasteiger partial charge is 0.481 e. The quantitative estimate of drug-likeness (QED) is 0.468. The highest BCUT2D eigenvalue weighted by atomic mass is 16.6. The van der Waals surface area contributed by atoms with Crippen LogP contribution in [-0.4, -0.2) is 46.7 Å². The maximum absolute atomic E-state index is 10.6. The summed E-state index contributed by atoms with van der Waals surface area (Å²) < 4.78 is 12.2. The SMILES string of the molecule is CCCCC[C@H](O)C=C[C@@H]1[C@@H]2C3O[C@H]1C[C@@H]3O[C@H]2C=CCCC(=O)O. The van der Waals surface area contributed by atoms with Gasteiger partial charge in [0.05, 0.1) is 30.5 Å². The number of hydrogen-bond donors (Lipinski definition) is 2. The minimum absolute atomic E-state index is 0.0109. The van der Waals surface area contributed by atoms with Gasteiger partial charge >= 0.3 is 5.97 Å². The highest BCUT2D eigenvalue weighted by Gasteiger charge is 2.61. The first kappa shape index (κ1) is 18.6. The number of unbranched alkanes of at least 4 members (excludes halogenated alkanes) is 2. The lowest BCUT2D eigenvalue weighted by atomic mass is 9.77. The van der Waals surface area contributed by atoms with Crippen LogP contribution in [0.3, 0.4) is 0 Å². The zero-order chi connectivity index (χ0) is 17.8. The lowest BCUT2D eigenvalue weighted by Crippen LogP contribution is -2.31. The summed E-state index contributed by atoms with van der Waals surface area (Å²) in [7, 11) is 0. The summed E-state index contributed by atoms with van der Waals surface area (Å²) in [5.41, 5.74) is 0. The number of hydrogen-bond acceptors (Lipinski definition) is 4. The van der Waals surface area contributed by atoms with Gasteiger partial charge in [0.1, 0.15) is 0 Å². The van der Waals surface area contributed by atoms with E-state index in [0.717, 1.165) is 32.1 Å². The lowest BCUT2D eigenvalue weighted by Gasteiger charge is -2.22. The summed E-state index contributed by atoms with van der Waals surface area (Å²) in [6, 6.07) is 0. The molecule has 3 aliphatic rings. The van der Waals surface area contributed by atoms with Crippen molar-refractivity contribution in [2.45, 2.75) is 82.4 Å². The van der Waals surface area contributed by atoms with E-state index < -0.39 is 5.97 Å². The molecule has 25 heavy (non-hydrogen) atoms. The third-order valence-electron chi connectivity index (χ3n) is 5.64. The Bertz CT molecular complexity index is 512. The molecule has 2 N–H and O–H groups in total. The van der Waals surface area contributed by atoms with Crippen LogP contribution in [0.1, 0.15) is 51.9 Å². The van der Waals surface area contributed by atoms with Crippen LogP contribution in [0.15, 0.2) is 24.3 Å². The van der Waals surface area contributed by atoms with Gasteiger partial charge in [-0.15, -0.1) is 0 Å². The van der Waals surface area contributed by atoms with Crippen molar-refractivity contribution >= 4 is 5.97 Å². The van der Waals surface area contributed by atoms with E-state index in [1.54, 1.807) is 0 Å². The Hall–Kier alpha value is -1.17. The molecule has 0 aromatic rings. The predicted molar refractivity (Wildman–Crippen MR) is 94.2 cm³/mol. The highest BCUT2D eigenvalue weighted by molar-refractivity contribution is 5.66. The van der Waals surface area contributed by atoms with Crippen LogP contribution in [0.5, 0.6) is 0 Å². The number of carboxylic acid groups (broad SMARTS) is 1. The molecule has 1 unspecified atom stereocenters. The monoisotopic (exact) mass is 350 g/mol. The predicted octanol–water partition coefficient (Wildman–Crippen LogP) is 3.08. The molecule has 0 aromatic heterocycles. The van der Waals surface area contributed by atoms with E-state index in [0.29, 0.717) is 6.42 Å². The van der Waals surface area contributed by atoms with Crippen molar-refractivity contribution in [2.75, 3.05) is 0 Å². The van der Waals surface area contributed by atoms with Crippen molar-refractivity contribution in [3.8, 4) is 0 Å². The molecule has 3 rings (SSSR count). The summed E-state index contributed by atoms with van der Waals surface area (Å²) in [6.45, 7) is 2.16. The smallest absolute Gasteiger partial charge is 0.303 e. The molecule has 0 radical (unpaired) electrons. The van der Waals surface area contributed by atoms with Gasteiger partial charge in [0.25, 0.3) is 0 Å². The Kier molecular flexibility index (Phi) is 6.31. The molecule has 0 saturated carbocycles. The van der Waals surface area contributed by atoms with Crippen molar-refractivity contribution < 1.29 is 24.5 Å². The number of allylic oxidation sites excluding steroid dienone is 1. The van der Waals surface area contributed by atoms with Gasteiger partial charge in [-0.2, -0.15) is 0 Å². The van der Waals surface area contributed by atoms with Crippen molar-refractivity contribution in [3.63, 3.8) is 0 Å². The molecule has 3 fully saturated rings. The van der Waals surface area contributed by atoms with Crippen LogP contribution in [0.4, 0.5) is 0 Å². The van der Waals surface area contributed by atoms with E-state index in [1.165, 1.54) is 0 Å². The second-order valence-electron chi connectivity index (χ2n) is 7.48. The molecular weight excluding hydrogens is 320 g/mol. The standard InChI is InChI=1S/C20H30O5/c1-2-3-4-7-13(21)10-11-14-16-12-17-20(25-16)19(14)15(24-17)8-5-6-9-18(22)23/h5,8,10-11,13-17,19-21H,2-4,6-7,9,12H2,1H3,(H,22,23)/t13-,14-,15-,16-,17-,19-,20?/m0/s1. The van der Waals surface area contributed by atoms with Gasteiger partial charge in [0.2, 0.25) is 0 Å². The molecule has 3 aliphatic heterocycles. The molecule has 5 heteroatoms. The van der Waals surface area contributed by atoms with Gasteiger partial charge in [-0.25, -0.2) is 0 Å². The maximum Gasteiger partial charge on any atom is 0.303 e. The van der Waals surface area contributed by atoms with Crippen LogP contribution < -0.4 is 0 Å². The van der Waals surface area contributed by atoms with E-state index >= 15 is 0 Å². The molecule has 2 bridgehead atoms. The first-order chi connectivity index (χ1) is 12.1. The topological polar surface area (TPSA) is 76.0 Å². The number of aliphatic carboxylic acids is 1. The number of carboxylic acids is 1. The van der Waals surface area contributed by atoms with Gasteiger partial charge in [-0.1, -0.05) is 50.5 Å². The van der Waals surface area contributed by atoms with Crippen LogP contribution in [0, 0.1) is 11.8 Å². The molecule has 7 atom stereocenters. The van der Waals surface area contributed by atoms with Crippen molar-refractivity contribution in [1.29, 1.82) is 0 Å².